The summed E-state index contributed by atoms with van der Waals surface area (Å²) < 4.78 is 0. The summed E-state index contributed by atoms with van der Waals surface area (Å²) in [6.07, 6.45) is 4.20. The van der Waals surface area contributed by atoms with Crippen LogP contribution in [0.5, 0.6) is 0 Å². The van der Waals surface area contributed by atoms with Crippen LogP contribution in [0.4, 0.5) is 0 Å². The first-order valence-corrected chi connectivity index (χ1v) is 7.24. The van der Waals surface area contributed by atoms with Crippen molar-refractivity contribution in [2.24, 2.45) is 22.8 Å². The Balaban J connectivity index is 1.98. The van der Waals surface area contributed by atoms with E-state index in [0.717, 1.165) is 25.7 Å². The molecule has 20 heavy (non-hydrogen) atoms. The predicted octanol–water partition coefficient (Wildman–Crippen LogP) is 0.145. The average Bonchev–Trinajstić information content (AvgIpc) is 2.39. The third-order valence-electron chi connectivity index (χ3n) is 4.79. The van der Waals surface area contributed by atoms with Gasteiger partial charge in [0, 0.05) is 13.0 Å². The van der Waals surface area contributed by atoms with Gasteiger partial charge in [-0.25, -0.2) is 0 Å². The molecule has 1 spiro atoms. The second-order valence-electron chi connectivity index (χ2n) is 6.32. The van der Waals surface area contributed by atoms with Gasteiger partial charge in [-0.1, -0.05) is 6.92 Å². The summed E-state index contributed by atoms with van der Waals surface area (Å²) in [6.45, 7) is 2.79. The second-order valence-corrected chi connectivity index (χ2v) is 6.32. The topological polar surface area (TPSA) is 106 Å². The van der Waals surface area contributed by atoms with E-state index in [0.29, 0.717) is 12.5 Å². The van der Waals surface area contributed by atoms with E-state index >= 15 is 0 Å². The minimum Gasteiger partial charge on any atom is -0.370 e. The molecule has 3 amide bonds. The van der Waals surface area contributed by atoms with Crippen molar-refractivity contribution in [2.75, 3.05) is 6.54 Å². The predicted molar refractivity (Wildman–Crippen MR) is 73.2 cm³/mol. The molecule has 1 atom stereocenters. The maximum atomic E-state index is 12.4. The number of hydrogen-bond donors (Lipinski definition) is 2. The van der Waals surface area contributed by atoms with Crippen LogP contribution in [0.15, 0.2) is 0 Å². The number of primary amides is 2. The van der Waals surface area contributed by atoms with Gasteiger partial charge >= 0.3 is 0 Å². The molecule has 1 aliphatic heterocycles. The SMILES string of the molecule is CC1CCC2(CC1)CN([C@@H](CCC(N)=O)C(N)=O)C2=O. The number of carbonyl (C=O) groups excluding carboxylic acids is 3. The Labute approximate surface area is 118 Å². The number of rotatable bonds is 5. The van der Waals surface area contributed by atoms with Crippen LogP contribution >= 0.6 is 0 Å². The van der Waals surface area contributed by atoms with Gasteiger partial charge in [0.05, 0.1) is 5.41 Å². The van der Waals surface area contributed by atoms with E-state index in [1.54, 1.807) is 0 Å². The molecule has 2 rings (SSSR count). The summed E-state index contributed by atoms with van der Waals surface area (Å²) in [5.74, 6) is -0.342. The lowest BCUT2D eigenvalue weighted by Gasteiger charge is -2.53. The van der Waals surface area contributed by atoms with Crippen molar-refractivity contribution in [3.63, 3.8) is 0 Å². The van der Waals surface area contributed by atoms with Crippen LogP contribution in [0.2, 0.25) is 0 Å². The number of nitrogens with two attached hydrogens (primary N) is 2. The molecule has 6 heteroatoms. The van der Waals surface area contributed by atoms with E-state index in [9.17, 15) is 14.4 Å². The lowest BCUT2D eigenvalue weighted by molar-refractivity contribution is -0.171. The van der Waals surface area contributed by atoms with Crippen LogP contribution in [-0.4, -0.2) is 35.2 Å². The highest BCUT2D eigenvalue weighted by Gasteiger charge is 2.55. The van der Waals surface area contributed by atoms with Crippen LogP contribution in [0.25, 0.3) is 0 Å². The van der Waals surface area contributed by atoms with E-state index in [1.807, 2.05) is 0 Å². The molecule has 0 aromatic heterocycles. The van der Waals surface area contributed by atoms with Crippen LogP contribution in [0, 0.1) is 11.3 Å². The van der Waals surface area contributed by atoms with Gasteiger partial charge in [0.2, 0.25) is 17.7 Å². The van der Waals surface area contributed by atoms with Crippen molar-refractivity contribution < 1.29 is 14.4 Å². The highest BCUT2D eigenvalue weighted by atomic mass is 16.2. The molecule has 112 valence electrons. The first kappa shape index (κ1) is 14.8. The van der Waals surface area contributed by atoms with Gasteiger partial charge < -0.3 is 16.4 Å². The molecule has 0 aromatic carbocycles. The minimum absolute atomic E-state index is 0.0256. The summed E-state index contributed by atoms with van der Waals surface area (Å²) in [4.78, 5) is 36.3. The summed E-state index contributed by atoms with van der Waals surface area (Å²) in [5, 5.41) is 0. The van der Waals surface area contributed by atoms with Crippen molar-refractivity contribution in [1.82, 2.24) is 4.90 Å². The highest BCUT2D eigenvalue weighted by Crippen LogP contribution is 2.47. The van der Waals surface area contributed by atoms with Gasteiger partial charge in [0.25, 0.3) is 0 Å². The zero-order chi connectivity index (χ0) is 14.9. The number of likely N-dealkylation sites (tertiary alicyclic amines) is 1. The molecule has 0 radical (unpaired) electrons. The lowest BCUT2D eigenvalue weighted by Crippen LogP contribution is -2.67. The molecule has 1 heterocycles. The van der Waals surface area contributed by atoms with Gasteiger partial charge in [0.15, 0.2) is 0 Å². The number of carbonyl (C=O) groups is 3. The first-order chi connectivity index (χ1) is 9.35. The molecule has 2 aliphatic rings. The Morgan fingerprint density at radius 3 is 2.40 bits per heavy atom. The monoisotopic (exact) mass is 281 g/mol. The molecule has 1 saturated carbocycles. The number of β-lactam (4-membered cyclic amide) rings is 1. The second kappa shape index (κ2) is 5.42. The average molecular weight is 281 g/mol. The van der Waals surface area contributed by atoms with Crippen LogP contribution in [-0.2, 0) is 14.4 Å². The number of amides is 3. The van der Waals surface area contributed by atoms with Gasteiger partial charge in [-0.3, -0.25) is 14.4 Å². The smallest absolute Gasteiger partial charge is 0.240 e. The van der Waals surface area contributed by atoms with E-state index in [-0.39, 0.29) is 24.2 Å². The van der Waals surface area contributed by atoms with Crippen LogP contribution < -0.4 is 11.5 Å². The first-order valence-electron chi connectivity index (χ1n) is 7.24. The molecule has 1 aliphatic carbocycles. The Hall–Kier alpha value is -1.59. The largest absolute Gasteiger partial charge is 0.370 e. The van der Waals surface area contributed by atoms with Crippen molar-refractivity contribution in [3.8, 4) is 0 Å². The van der Waals surface area contributed by atoms with E-state index in [4.69, 9.17) is 11.5 Å². The molecular weight excluding hydrogens is 258 g/mol. The quantitative estimate of drug-likeness (QED) is 0.700. The van der Waals surface area contributed by atoms with Gasteiger partial charge in [-0.15, -0.1) is 0 Å². The van der Waals surface area contributed by atoms with E-state index in [1.165, 1.54) is 4.90 Å². The third-order valence-corrected chi connectivity index (χ3v) is 4.79. The fourth-order valence-corrected chi connectivity index (χ4v) is 3.35. The molecule has 6 nitrogen and oxygen atoms in total. The normalized spacial score (nSPS) is 30.9. The van der Waals surface area contributed by atoms with Gasteiger partial charge in [0.1, 0.15) is 6.04 Å². The summed E-state index contributed by atoms with van der Waals surface area (Å²) >= 11 is 0. The molecule has 0 aromatic rings. The third kappa shape index (κ3) is 2.64. The fourth-order valence-electron chi connectivity index (χ4n) is 3.35. The zero-order valence-corrected chi connectivity index (χ0v) is 11.9. The number of hydrogen-bond acceptors (Lipinski definition) is 3. The Kier molecular flexibility index (Phi) is 4.01. The van der Waals surface area contributed by atoms with Gasteiger partial charge in [-0.2, -0.15) is 0 Å². The van der Waals surface area contributed by atoms with Gasteiger partial charge in [-0.05, 0) is 38.0 Å². The highest BCUT2D eigenvalue weighted by molar-refractivity contribution is 5.94. The van der Waals surface area contributed by atoms with Crippen LogP contribution in [0.3, 0.4) is 0 Å². The Bertz CT molecular complexity index is 427. The molecule has 2 fully saturated rings. The zero-order valence-electron chi connectivity index (χ0n) is 11.9. The minimum atomic E-state index is -0.694. The standard InChI is InChI=1S/C14H23N3O3/c1-9-4-6-14(7-5-9)8-17(13(14)20)10(12(16)19)2-3-11(15)18/h9-10H,2-8H2,1H3,(H2,15,18)(H2,16,19)/t9?,10-,14?/m0/s1. The Morgan fingerprint density at radius 1 is 1.35 bits per heavy atom. The molecule has 0 unspecified atom stereocenters. The summed E-state index contributed by atoms with van der Waals surface area (Å²) in [7, 11) is 0. The Morgan fingerprint density at radius 2 is 1.95 bits per heavy atom. The maximum Gasteiger partial charge on any atom is 0.240 e. The van der Waals surface area contributed by atoms with E-state index < -0.39 is 17.9 Å². The molecule has 1 saturated heterocycles. The lowest BCUT2D eigenvalue weighted by atomic mass is 9.65. The maximum absolute atomic E-state index is 12.4. The number of nitrogens with zero attached hydrogens (tertiary/aromatic N) is 1. The van der Waals surface area contributed by atoms with Crippen molar-refractivity contribution >= 4 is 17.7 Å². The summed E-state index contributed by atoms with van der Waals surface area (Å²) in [6, 6.07) is -0.694. The fraction of sp³-hybridized carbons (Fsp3) is 0.786. The summed E-state index contributed by atoms with van der Waals surface area (Å²) in [5.41, 5.74) is 10.2. The molecular formula is C14H23N3O3. The molecule has 0 bridgehead atoms. The van der Waals surface area contributed by atoms with Crippen LogP contribution in [0.1, 0.15) is 45.4 Å². The van der Waals surface area contributed by atoms with E-state index in [2.05, 4.69) is 6.92 Å². The van der Waals surface area contributed by atoms with Crippen molar-refractivity contribution in [2.45, 2.75) is 51.5 Å². The van der Waals surface area contributed by atoms with Crippen molar-refractivity contribution in [3.05, 3.63) is 0 Å². The molecule has 4 N–H and O–H groups in total. The van der Waals surface area contributed by atoms with Crippen molar-refractivity contribution in [1.29, 1.82) is 0 Å².